The van der Waals surface area contributed by atoms with Crippen molar-refractivity contribution in [2.75, 3.05) is 21.3 Å². The molecule has 0 aliphatic carbocycles. The van der Waals surface area contributed by atoms with Crippen LogP contribution in [-0.2, 0) is 6.61 Å². The van der Waals surface area contributed by atoms with Crippen molar-refractivity contribution in [2.45, 2.75) is 6.61 Å². The standard InChI is InChI=1S/C49H36F2O8S2/c1-56-41-19-13-31(45-6-4-22-60-45)24-37(41)35(47(52)33-12-18-39(50)40(51)26-33)16-17-36(38-25-32(14-20-42(38)57-2)46-7-5-23-61-46)48(53)34-15-21-43(44(27-34)58-3)59-28-29-8-10-30(11-9-29)49(54)55/h4-27H,28H2,1-3H3,(H,54,55). The van der Waals surface area contributed by atoms with Crippen LogP contribution in [0.25, 0.3) is 32.0 Å². The molecule has 2 aromatic heterocycles. The number of thiophene rings is 2. The third-order valence-corrected chi connectivity index (χ3v) is 11.5. The van der Waals surface area contributed by atoms with Crippen molar-refractivity contribution in [3.63, 3.8) is 0 Å². The summed E-state index contributed by atoms with van der Waals surface area (Å²) in [6.45, 7) is 0.0954. The molecule has 0 atom stereocenters. The molecule has 0 radical (unpaired) electrons. The second-order valence-corrected chi connectivity index (χ2v) is 15.3. The van der Waals surface area contributed by atoms with E-state index in [0.29, 0.717) is 33.9 Å². The molecule has 306 valence electrons. The SMILES string of the molecule is COc1cc(C(=O)C(=CC=C(C(=O)c2ccc(F)c(F)c2)c2cc(-c3cccs3)ccc2OC)c2cc(-c3cccs3)ccc2OC)ccc1OCc1ccc(C(=O)O)cc1. The van der Waals surface area contributed by atoms with Gasteiger partial charge in [0.25, 0.3) is 0 Å². The Labute approximate surface area is 358 Å². The zero-order valence-corrected chi connectivity index (χ0v) is 34.6. The molecule has 0 fully saturated rings. The fourth-order valence-electron chi connectivity index (χ4n) is 6.55. The van der Waals surface area contributed by atoms with E-state index in [0.717, 1.165) is 33.0 Å². The predicted molar refractivity (Wildman–Crippen MR) is 234 cm³/mol. The molecule has 0 aliphatic heterocycles. The summed E-state index contributed by atoms with van der Waals surface area (Å²) < 4.78 is 52.1. The first-order valence-electron chi connectivity index (χ1n) is 18.6. The second-order valence-electron chi connectivity index (χ2n) is 13.4. The molecule has 0 aliphatic rings. The number of halogens is 2. The van der Waals surface area contributed by atoms with Crippen molar-refractivity contribution in [1.82, 2.24) is 0 Å². The first kappa shape index (κ1) is 42.0. The van der Waals surface area contributed by atoms with Crippen LogP contribution in [0.15, 0.2) is 144 Å². The highest BCUT2D eigenvalue weighted by molar-refractivity contribution is 7.13. The number of methoxy groups -OCH3 is 3. The number of Topliss-reactive ketones (excluding diaryl/α,β-unsaturated/α-hetero) is 2. The van der Waals surface area contributed by atoms with E-state index in [4.69, 9.17) is 18.9 Å². The average Bonchev–Trinajstić information content (AvgIpc) is 4.04. The highest BCUT2D eigenvalue weighted by Crippen LogP contribution is 2.39. The minimum absolute atomic E-state index is 0.0395. The minimum atomic E-state index is -1.19. The van der Waals surface area contributed by atoms with Crippen LogP contribution in [0.1, 0.15) is 47.8 Å². The van der Waals surface area contributed by atoms with Crippen LogP contribution >= 0.6 is 22.7 Å². The van der Waals surface area contributed by atoms with Gasteiger partial charge >= 0.3 is 5.97 Å². The van der Waals surface area contributed by atoms with Crippen LogP contribution in [0.3, 0.4) is 0 Å². The van der Waals surface area contributed by atoms with E-state index >= 15 is 0 Å². The van der Waals surface area contributed by atoms with Gasteiger partial charge in [-0.15, -0.1) is 22.7 Å². The molecule has 0 saturated carbocycles. The second kappa shape index (κ2) is 18.8. The molecule has 5 aromatic carbocycles. The maximum absolute atomic E-state index is 15.0. The van der Waals surface area contributed by atoms with Crippen molar-refractivity contribution in [3.8, 4) is 43.9 Å². The summed E-state index contributed by atoms with van der Waals surface area (Å²) in [5.41, 5.74) is 3.49. The number of carbonyl (C=O) groups is 3. The number of ether oxygens (including phenoxy) is 4. The van der Waals surface area contributed by atoms with Crippen LogP contribution in [0, 0.1) is 11.6 Å². The van der Waals surface area contributed by atoms with Crippen molar-refractivity contribution >= 4 is 51.4 Å². The summed E-state index contributed by atoms with van der Waals surface area (Å²) in [7, 11) is 4.40. The van der Waals surface area contributed by atoms with E-state index in [2.05, 4.69) is 0 Å². The van der Waals surface area contributed by atoms with Gasteiger partial charge in [0.2, 0.25) is 0 Å². The van der Waals surface area contributed by atoms with Gasteiger partial charge in [0.05, 0.1) is 26.9 Å². The monoisotopic (exact) mass is 854 g/mol. The number of rotatable bonds is 16. The Morgan fingerprint density at radius 2 is 1.05 bits per heavy atom. The Morgan fingerprint density at radius 1 is 0.557 bits per heavy atom. The van der Waals surface area contributed by atoms with Crippen molar-refractivity contribution < 1.29 is 47.2 Å². The molecule has 1 N–H and O–H groups in total. The van der Waals surface area contributed by atoms with Crippen LogP contribution in [0.5, 0.6) is 23.0 Å². The number of carboxylic acid groups (broad SMARTS) is 1. The van der Waals surface area contributed by atoms with Gasteiger partial charge in [-0.1, -0.05) is 24.3 Å². The lowest BCUT2D eigenvalue weighted by Crippen LogP contribution is -2.08. The average molecular weight is 855 g/mol. The third kappa shape index (κ3) is 9.36. The lowest BCUT2D eigenvalue weighted by molar-refractivity contribution is 0.0696. The van der Waals surface area contributed by atoms with Crippen molar-refractivity contribution in [2.24, 2.45) is 0 Å². The van der Waals surface area contributed by atoms with E-state index < -0.39 is 29.2 Å². The molecule has 0 bridgehead atoms. The van der Waals surface area contributed by atoms with E-state index in [1.807, 2.05) is 53.2 Å². The first-order valence-corrected chi connectivity index (χ1v) is 20.4. The Kier molecular flexibility index (Phi) is 13.0. The molecule has 2 heterocycles. The van der Waals surface area contributed by atoms with E-state index in [9.17, 15) is 28.3 Å². The molecule has 7 aromatic rings. The Morgan fingerprint density at radius 3 is 1.52 bits per heavy atom. The molecular weight excluding hydrogens is 819 g/mol. The van der Waals surface area contributed by atoms with E-state index in [1.54, 1.807) is 48.5 Å². The number of hydrogen-bond donors (Lipinski definition) is 1. The molecule has 7 rings (SSSR count). The molecule has 12 heteroatoms. The smallest absolute Gasteiger partial charge is 0.335 e. The molecule has 0 unspecified atom stereocenters. The quantitative estimate of drug-likeness (QED) is 0.0582. The normalized spacial score (nSPS) is 11.6. The lowest BCUT2D eigenvalue weighted by Gasteiger charge is -2.16. The number of allylic oxidation sites excluding steroid dienone is 4. The fourth-order valence-corrected chi connectivity index (χ4v) is 8.00. The number of ketones is 2. The van der Waals surface area contributed by atoms with Crippen LogP contribution in [0.4, 0.5) is 8.78 Å². The Hall–Kier alpha value is -7.15. The van der Waals surface area contributed by atoms with Crippen LogP contribution < -0.4 is 18.9 Å². The maximum atomic E-state index is 15.0. The molecule has 0 spiro atoms. The van der Waals surface area contributed by atoms with E-state index in [-0.39, 0.29) is 40.2 Å². The zero-order chi connectivity index (χ0) is 43.0. The lowest BCUT2D eigenvalue weighted by atomic mass is 9.91. The van der Waals surface area contributed by atoms with Crippen molar-refractivity contribution in [3.05, 3.63) is 189 Å². The third-order valence-electron chi connectivity index (χ3n) is 9.70. The zero-order valence-electron chi connectivity index (χ0n) is 32.9. The summed E-state index contributed by atoms with van der Waals surface area (Å²) in [6.07, 6.45) is 2.99. The van der Waals surface area contributed by atoms with Gasteiger partial charge < -0.3 is 24.1 Å². The van der Waals surface area contributed by atoms with E-state index in [1.165, 1.54) is 74.4 Å². The first-order chi connectivity index (χ1) is 29.6. The molecular formula is C49H36F2O8S2. The maximum Gasteiger partial charge on any atom is 0.335 e. The van der Waals surface area contributed by atoms with Crippen LogP contribution in [-0.4, -0.2) is 44.0 Å². The van der Waals surface area contributed by atoms with Gasteiger partial charge in [-0.05, 0) is 137 Å². The highest BCUT2D eigenvalue weighted by Gasteiger charge is 2.24. The number of carbonyl (C=O) groups excluding carboxylic acids is 2. The fraction of sp³-hybridized carbons (Fsp3) is 0.0816. The number of carboxylic acids is 1. The number of benzene rings is 5. The van der Waals surface area contributed by atoms with Gasteiger partial charge in [0.1, 0.15) is 18.1 Å². The number of hydrogen-bond acceptors (Lipinski definition) is 9. The van der Waals surface area contributed by atoms with Gasteiger partial charge in [-0.2, -0.15) is 0 Å². The van der Waals surface area contributed by atoms with Gasteiger partial charge in [0.15, 0.2) is 34.7 Å². The number of aromatic carboxylic acids is 1. The summed E-state index contributed by atoms with van der Waals surface area (Å²) >= 11 is 3.02. The predicted octanol–water partition coefficient (Wildman–Crippen LogP) is 12.0. The Bertz CT molecular complexity index is 2790. The Balaban J connectivity index is 1.39. The van der Waals surface area contributed by atoms with Gasteiger partial charge in [-0.3, -0.25) is 9.59 Å². The summed E-state index contributed by atoms with van der Waals surface area (Å²) in [5, 5.41) is 13.1. The summed E-state index contributed by atoms with van der Waals surface area (Å²) in [4.78, 5) is 42.7. The molecule has 61 heavy (non-hydrogen) atoms. The molecule has 0 saturated heterocycles. The van der Waals surface area contributed by atoms with Gasteiger partial charge in [-0.25, -0.2) is 13.6 Å². The minimum Gasteiger partial charge on any atom is -0.496 e. The van der Waals surface area contributed by atoms with Gasteiger partial charge in [0, 0.05) is 43.2 Å². The largest absolute Gasteiger partial charge is 0.496 e. The molecule has 8 nitrogen and oxygen atoms in total. The molecule has 0 amide bonds. The summed E-state index contributed by atoms with van der Waals surface area (Å²) in [6, 6.07) is 32.5. The summed E-state index contributed by atoms with van der Waals surface area (Å²) in [5.74, 6) is -3.15. The topological polar surface area (TPSA) is 108 Å². The van der Waals surface area contributed by atoms with Crippen molar-refractivity contribution in [1.29, 1.82) is 0 Å². The highest BCUT2D eigenvalue weighted by atomic mass is 32.1. The van der Waals surface area contributed by atoms with Crippen LogP contribution in [0.2, 0.25) is 0 Å².